The van der Waals surface area contributed by atoms with Crippen molar-refractivity contribution in [2.45, 2.75) is 51.5 Å². The summed E-state index contributed by atoms with van der Waals surface area (Å²) >= 11 is 1.17. The molecule has 4 bridgehead atoms. The van der Waals surface area contributed by atoms with Gasteiger partial charge in [0.05, 0.1) is 17.3 Å². The highest BCUT2D eigenvalue weighted by atomic mass is 32.1. The molecular formula is C19H23N3OS. The van der Waals surface area contributed by atoms with Crippen LogP contribution < -0.4 is 5.32 Å². The first-order valence-electron chi connectivity index (χ1n) is 9.15. The fourth-order valence-corrected chi connectivity index (χ4v) is 6.67. The van der Waals surface area contributed by atoms with E-state index in [1.54, 1.807) is 0 Å². The summed E-state index contributed by atoms with van der Waals surface area (Å²) in [6.07, 6.45) is 8.23. The third-order valence-electron chi connectivity index (χ3n) is 6.88. The molecule has 1 N–H and O–H groups in total. The Bertz CT molecular complexity index is 763. The SMILES string of the molecule is C[C@@H](NC(=O)c1cccc2nsnc12)C12CC3CC(CC(C3)C1)C2. The Kier molecular flexibility index (Phi) is 3.24. The number of benzene rings is 1. The van der Waals surface area contributed by atoms with Crippen LogP contribution in [0.4, 0.5) is 0 Å². The summed E-state index contributed by atoms with van der Waals surface area (Å²) in [5, 5.41) is 3.33. The Morgan fingerprint density at radius 3 is 2.50 bits per heavy atom. The predicted molar refractivity (Wildman–Crippen MR) is 94.9 cm³/mol. The van der Waals surface area contributed by atoms with Crippen molar-refractivity contribution in [2.24, 2.45) is 23.2 Å². The second-order valence-corrected chi connectivity index (χ2v) is 8.94. The van der Waals surface area contributed by atoms with Gasteiger partial charge in [-0.15, -0.1) is 0 Å². The molecule has 1 aromatic carbocycles. The van der Waals surface area contributed by atoms with E-state index >= 15 is 0 Å². The lowest BCUT2D eigenvalue weighted by Crippen LogP contribution is -2.55. The Labute approximate surface area is 146 Å². The minimum atomic E-state index is 0.0107. The molecule has 2 aromatic rings. The van der Waals surface area contributed by atoms with Gasteiger partial charge >= 0.3 is 0 Å². The van der Waals surface area contributed by atoms with Crippen LogP contribution in [-0.2, 0) is 0 Å². The molecule has 126 valence electrons. The minimum Gasteiger partial charge on any atom is -0.349 e. The maximum atomic E-state index is 12.9. The number of hydrogen-bond donors (Lipinski definition) is 1. The summed E-state index contributed by atoms with van der Waals surface area (Å²) < 4.78 is 8.56. The zero-order chi connectivity index (χ0) is 16.3. The molecular weight excluding hydrogens is 318 g/mol. The van der Waals surface area contributed by atoms with Gasteiger partial charge in [-0.05, 0) is 80.8 Å². The van der Waals surface area contributed by atoms with E-state index in [0.717, 1.165) is 28.8 Å². The van der Waals surface area contributed by atoms with Crippen LogP contribution in [0.25, 0.3) is 11.0 Å². The van der Waals surface area contributed by atoms with E-state index in [-0.39, 0.29) is 11.9 Å². The molecule has 4 nitrogen and oxygen atoms in total. The molecule has 0 spiro atoms. The second kappa shape index (κ2) is 5.25. The normalized spacial score (nSPS) is 35.3. The first-order valence-corrected chi connectivity index (χ1v) is 9.88. The smallest absolute Gasteiger partial charge is 0.253 e. The molecule has 4 saturated carbocycles. The third kappa shape index (κ3) is 2.20. The first-order chi connectivity index (χ1) is 11.6. The van der Waals surface area contributed by atoms with E-state index in [1.165, 1.54) is 50.3 Å². The molecule has 1 heterocycles. The van der Waals surface area contributed by atoms with Crippen molar-refractivity contribution in [3.05, 3.63) is 23.8 Å². The Morgan fingerprint density at radius 2 is 1.83 bits per heavy atom. The summed E-state index contributed by atoms with van der Waals surface area (Å²) in [6.45, 7) is 2.23. The van der Waals surface area contributed by atoms with Crippen molar-refractivity contribution in [1.82, 2.24) is 14.1 Å². The lowest BCUT2D eigenvalue weighted by atomic mass is 9.48. The molecule has 0 unspecified atom stereocenters. The zero-order valence-corrected chi connectivity index (χ0v) is 14.8. The summed E-state index contributed by atoms with van der Waals surface area (Å²) in [4.78, 5) is 12.9. The molecule has 0 aliphatic heterocycles. The minimum absolute atomic E-state index is 0.0107. The van der Waals surface area contributed by atoms with Crippen LogP contribution in [0.1, 0.15) is 55.8 Å². The van der Waals surface area contributed by atoms with Gasteiger partial charge in [0, 0.05) is 6.04 Å². The van der Waals surface area contributed by atoms with Crippen LogP contribution in [0.2, 0.25) is 0 Å². The van der Waals surface area contributed by atoms with Gasteiger partial charge in [-0.1, -0.05) is 6.07 Å². The zero-order valence-electron chi connectivity index (χ0n) is 14.0. The van der Waals surface area contributed by atoms with Crippen molar-refractivity contribution >= 4 is 28.7 Å². The number of nitrogens with zero attached hydrogens (tertiary/aromatic N) is 2. The monoisotopic (exact) mass is 341 g/mol. The summed E-state index contributed by atoms with van der Waals surface area (Å²) in [7, 11) is 0. The van der Waals surface area contributed by atoms with E-state index in [1.807, 2.05) is 18.2 Å². The van der Waals surface area contributed by atoms with Crippen LogP contribution in [-0.4, -0.2) is 20.7 Å². The van der Waals surface area contributed by atoms with Crippen LogP contribution >= 0.6 is 11.7 Å². The molecule has 1 amide bonds. The number of amides is 1. The van der Waals surface area contributed by atoms with Crippen LogP contribution in [0.3, 0.4) is 0 Å². The highest BCUT2D eigenvalue weighted by molar-refractivity contribution is 7.00. The lowest BCUT2D eigenvalue weighted by Gasteiger charge is -2.59. The van der Waals surface area contributed by atoms with Crippen molar-refractivity contribution < 1.29 is 4.79 Å². The number of nitrogens with one attached hydrogen (secondary N) is 1. The number of carbonyl (C=O) groups excluding carboxylic acids is 1. The molecule has 4 aliphatic rings. The van der Waals surface area contributed by atoms with Gasteiger partial charge < -0.3 is 5.32 Å². The summed E-state index contributed by atoms with van der Waals surface area (Å²) in [6, 6.07) is 5.91. The van der Waals surface area contributed by atoms with E-state index in [0.29, 0.717) is 11.0 Å². The molecule has 5 heteroatoms. The largest absolute Gasteiger partial charge is 0.349 e. The van der Waals surface area contributed by atoms with Gasteiger partial charge in [-0.25, -0.2) is 0 Å². The van der Waals surface area contributed by atoms with Gasteiger partial charge in [0.25, 0.3) is 5.91 Å². The van der Waals surface area contributed by atoms with E-state index in [4.69, 9.17) is 0 Å². The molecule has 24 heavy (non-hydrogen) atoms. The maximum Gasteiger partial charge on any atom is 0.253 e. The number of carbonyl (C=O) groups is 1. The predicted octanol–water partition coefficient (Wildman–Crippen LogP) is 4.03. The molecule has 1 aromatic heterocycles. The Morgan fingerprint density at radius 1 is 1.17 bits per heavy atom. The van der Waals surface area contributed by atoms with Crippen LogP contribution in [0, 0.1) is 23.2 Å². The number of fused-ring (bicyclic) bond motifs is 1. The van der Waals surface area contributed by atoms with Gasteiger partial charge in [0.2, 0.25) is 0 Å². The van der Waals surface area contributed by atoms with Gasteiger partial charge in [-0.3, -0.25) is 4.79 Å². The first kappa shape index (κ1) is 14.8. The maximum absolute atomic E-state index is 12.9. The molecule has 1 atom stereocenters. The quantitative estimate of drug-likeness (QED) is 0.917. The molecule has 0 radical (unpaired) electrons. The average Bonchev–Trinajstić information content (AvgIpc) is 3.01. The fourth-order valence-electron chi connectivity index (χ4n) is 6.12. The Hall–Kier alpha value is -1.49. The van der Waals surface area contributed by atoms with Crippen LogP contribution in [0.5, 0.6) is 0 Å². The lowest BCUT2D eigenvalue weighted by molar-refractivity contribution is -0.0687. The van der Waals surface area contributed by atoms with Crippen molar-refractivity contribution in [3.8, 4) is 0 Å². The molecule has 4 fully saturated rings. The van der Waals surface area contributed by atoms with Crippen LogP contribution in [0.15, 0.2) is 18.2 Å². The highest BCUT2D eigenvalue weighted by Gasteiger charge is 2.53. The molecule has 0 saturated heterocycles. The third-order valence-corrected chi connectivity index (χ3v) is 7.42. The summed E-state index contributed by atoms with van der Waals surface area (Å²) in [5.74, 6) is 2.72. The van der Waals surface area contributed by atoms with E-state index in [9.17, 15) is 4.79 Å². The van der Waals surface area contributed by atoms with Crippen molar-refractivity contribution in [1.29, 1.82) is 0 Å². The number of rotatable bonds is 3. The molecule has 4 aliphatic carbocycles. The average molecular weight is 341 g/mol. The topological polar surface area (TPSA) is 54.9 Å². The van der Waals surface area contributed by atoms with Crippen molar-refractivity contribution in [3.63, 3.8) is 0 Å². The molecule has 6 rings (SSSR count). The van der Waals surface area contributed by atoms with E-state index < -0.39 is 0 Å². The van der Waals surface area contributed by atoms with Gasteiger partial charge in [0.1, 0.15) is 11.0 Å². The number of aromatic nitrogens is 2. The number of hydrogen-bond acceptors (Lipinski definition) is 4. The summed E-state index contributed by atoms with van der Waals surface area (Å²) in [5.41, 5.74) is 2.55. The van der Waals surface area contributed by atoms with Gasteiger partial charge in [-0.2, -0.15) is 8.75 Å². The standard InChI is InChI=1S/C19H23N3OS/c1-11(19-8-12-5-13(9-19)7-14(6-12)10-19)20-18(23)15-3-2-4-16-17(15)22-24-21-16/h2-4,11-14H,5-10H2,1H3,(H,20,23)/t11-,12?,13?,14?,19?/m1/s1. The van der Waals surface area contributed by atoms with Crippen molar-refractivity contribution in [2.75, 3.05) is 0 Å². The van der Waals surface area contributed by atoms with Gasteiger partial charge in [0.15, 0.2) is 0 Å². The fraction of sp³-hybridized carbons (Fsp3) is 0.632. The second-order valence-electron chi connectivity index (χ2n) is 8.41. The highest BCUT2D eigenvalue weighted by Crippen LogP contribution is 2.61. The Balaban J connectivity index is 1.39. The van der Waals surface area contributed by atoms with E-state index in [2.05, 4.69) is 21.0 Å².